The van der Waals surface area contributed by atoms with Crippen molar-refractivity contribution in [1.82, 2.24) is 0 Å². The van der Waals surface area contributed by atoms with Crippen molar-refractivity contribution >= 4 is 22.6 Å². The second-order valence-corrected chi connectivity index (χ2v) is 6.72. The molecule has 1 aromatic rings. The van der Waals surface area contributed by atoms with E-state index in [9.17, 15) is 39.5 Å². The fraction of sp³-hybridized carbons (Fsp3) is 0.571. The maximum absolute atomic E-state index is 13.9. The number of benzene rings is 1. The van der Waals surface area contributed by atoms with E-state index in [4.69, 9.17) is 4.74 Å². The fourth-order valence-electron chi connectivity index (χ4n) is 2.04. The zero-order valence-electron chi connectivity index (χ0n) is 12.7. The van der Waals surface area contributed by atoms with Gasteiger partial charge >= 0.3 is 23.9 Å². The van der Waals surface area contributed by atoms with E-state index in [1.807, 2.05) is 22.6 Å². The van der Waals surface area contributed by atoms with E-state index in [-0.39, 0.29) is 5.56 Å². The topological polar surface area (TPSA) is 9.23 Å². The van der Waals surface area contributed by atoms with Crippen molar-refractivity contribution in [1.29, 1.82) is 0 Å². The van der Waals surface area contributed by atoms with Crippen molar-refractivity contribution in [2.75, 3.05) is 7.11 Å². The molecule has 0 heterocycles. The standard InChI is InChI=1S/C14H12F9IO/c1-10(25-2,8-3-5-9(24)6-4-8)7-11(15,16)12(17,18)13(19,20)14(21,22)23/h3-6H,7H2,1-2H3. The SMILES string of the molecule is COC(C)(CC(F)(F)C(F)(F)C(F)(F)C(F)(F)F)c1ccc(I)cc1. The third-order valence-corrected chi connectivity index (χ3v) is 4.39. The first-order valence-electron chi connectivity index (χ1n) is 6.53. The Labute approximate surface area is 150 Å². The number of methoxy groups -OCH3 is 1. The Bertz CT molecular complexity index is 597. The molecule has 1 aromatic carbocycles. The van der Waals surface area contributed by atoms with Crippen molar-refractivity contribution in [3.63, 3.8) is 0 Å². The van der Waals surface area contributed by atoms with E-state index >= 15 is 0 Å². The van der Waals surface area contributed by atoms with Crippen molar-refractivity contribution in [3.05, 3.63) is 33.4 Å². The van der Waals surface area contributed by atoms with Gasteiger partial charge in [-0.2, -0.15) is 39.5 Å². The second kappa shape index (κ2) is 6.78. The minimum atomic E-state index is -6.91. The number of ether oxygens (including phenoxy) is 1. The van der Waals surface area contributed by atoms with Crippen molar-refractivity contribution in [3.8, 4) is 0 Å². The summed E-state index contributed by atoms with van der Waals surface area (Å²) in [6, 6.07) is 5.27. The molecule has 0 aliphatic rings. The average Bonchev–Trinajstić information content (AvgIpc) is 2.45. The van der Waals surface area contributed by atoms with Crippen LogP contribution >= 0.6 is 22.6 Å². The van der Waals surface area contributed by atoms with Gasteiger partial charge in [0.1, 0.15) is 0 Å². The van der Waals surface area contributed by atoms with Gasteiger partial charge in [0, 0.05) is 10.7 Å². The molecule has 25 heavy (non-hydrogen) atoms. The summed E-state index contributed by atoms with van der Waals surface area (Å²) in [6.07, 6.45) is -8.93. The lowest BCUT2D eigenvalue weighted by molar-refractivity contribution is -0.400. The highest BCUT2D eigenvalue weighted by Crippen LogP contribution is 2.56. The molecule has 0 bridgehead atoms. The van der Waals surface area contributed by atoms with Crippen LogP contribution in [0.25, 0.3) is 0 Å². The van der Waals surface area contributed by atoms with Gasteiger partial charge in [-0.1, -0.05) is 12.1 Å². The number of rotatable bonds is 6. The number of alkyl halides is 9. The van der Waals surface area contributed by atoms with Crippen LogP contribution in [0.5, 0.6) is 0 Å². The molecule has 0 aliphatic carbocycles. The summed E-state index contributed by atoms with van der Waals surface area (Å²) in [5, 5.41) is 0. The van der Waals surface area contributed by atoms with Crippen LogP contribution in [0.4, 0.5) is 39.5 Å². The van der Waals surface area contributed by atoms with E-state index in [0.717, 1.165) is 14.0 Å². The lowest BCUT2D eigenvalue weighted by Crippen LogP contribution is -2.62. The molecule has 144 valence electrons. The molecule has 0 aromatic heterocycles. The fourth-order valence-corrected chi connectivity index (χ4v) is 2.40. The molecule has 0 fully saturated rings. The number of hydrogen-bond acceptors (Lipinski definition) is 1. The molecule has 0 N–H and O–H groups in total. The first-order chi connectivity index (χ1) is 11.0. The minimum absolute atomic E-state index is 0.0822. The van der Waals surface area contributed by atoms with Gasteiger partial charge in [0.25, 0.3) is 0 Å². The molecule has 1 unspecified atom stereocenters. The Balaban J connectivity index is 3.30. The van der Waals surface area contributed by atoms with Gasteiger partial charge in [0.2, 0.25) is 0 Å². The monoisotopic (exact) mass is 494 g/mol. The summed E-state index contributed by atoms with van der Waals surface area (Å²) >= 11 is 1.86. The first kappa shape index (κ1) is 22.3. The highest BCUT2D eigenvalue weighted by Gasteiger charge is 2.82. The molecule has 0 saturated carbocycles. The zero-order chi connectivity index (χ0) is 19.9. The van der Waals surface area contributed by atoms with Crippen LogP contribution in [-0.4, -0.2) is 31.1 Å². The van der Waals surface area contributed by atoms with Crippen LogP contribution in [0.2, 0.25) is 0 Å². The highest BCUT2D eigenvalue weighted by atomic mass is 127. The van der Waals surface area contributed by atoms with Gasteiger partial charge in [0.15, 0.2) is 0 Å². The molecular formula is C14H12F9IO. The van der Waals surface area contributed by atoms with Gasteiger partial charge < -0.3 is 4.74 Å². The van der Waals surface area contributed by atoms with Gasteiger partial charge in [0.05, 0.1) is 12.0 Å². The summed E-state index contributed by atoms with van der Waals surface area (Å²) in [4.78, 5) is 0. The molecule has 0 amide bonds. The molecule has 1 atom stereocenters. The van der Waals surface area contributed by atoms with Crippen LogP contribution in [0.3, 0.4) is 0 Å². The lowest BCUT2D eigenvalue weighted by atomic mass is 9.86. The Kier molecular flexibility index (Phi) is 6.05. The molecule has 0 radical (unpaired) electrons. The predicted molar refractivity (Wildman–Crippen MR) is 79.0 cm³/mol. The molecule has 0 spiro atoms. The molecule has 1 nitrogen and oxygen atoms in total. The van der Waals surface area contributed by atoms with Crippen molar-refractivity contribution in [2.24, 2.45) is 0 Å². The van der Waals surface area contributed by atoms with E-state index in [1.54, 1.807) is 0 Å². The van der Waals surface area contributed by atoms with Crippen LogP contribution in [0.1, 0.15) is 18.9 Å². The second-order valence-electron chi connectivity index (χ2n) is 5.47. The van der Waals surface area contributed by atoms with Gasteiger partial charge in [-0.05, 0) is 47.2 Å². The van der Waals surface area contributed by atoms with E-state index in [0.29, 0.717) is 3.57 Å². The molecule has 0 saturated heterocycles. The highest BCUT2D eigenvalue weighted by molar-refractivity contribution is 14.1. The van der Waals surface area contributed by atoms with Crippen LogP contribution in [-0.2, 0) is 10.3 Å². The van der Waals surface area contributed by atoms with Crippen LogP contribution in [0, 0.1) is 3.57 Å². The largest absolute Gasteiger partial charge is 0.460 e. The Hall–Kier alpha value is -0.720. The zero-order valence-corrected chi connectivity index (χ0v) is 14.9. The normalized spacial score (nSPS) is 16.6. The third kappa shape index (κ3) is 4.01. The van der Waals surface area contributed by atoms with E-state index in [2.05, 4.69) is 0 Å². The van der Waals surface area contributed by atoms with Crippen LogP contribution < -0.4 is 0 Å². The number of hydrogen-bond donors (Lipinski definition) is 0. The van der Waals surface area contributed by atoms with E-state index in [1.165, 1.54) is 24.3 Å². The van der Waals surface area contributed by atoms with Crippen LogP contribution in [0.15, 0.2) is 24.3 Å². The molecule has 0 aliphatic heterocycles. The summed E-state index contributed by atoms with van der Waals surface area (Å²) < 4.78 is 122. The smallest absolute Gasteiger partial charge is 0.374 e. The maximum atomic E-state index is 13.9. The van der Waals surface area contributed by atoms with Crippen molar-refractivity contribution in [2.45, 2.75) is 42.9 Å². The first-order valence-corrected chi connectivity index (χ1v) is 7.61. The quantitative estimate of drug-likeness (QED) is 0.348. The summed E-state index contributed by atoms with van der Waals surface area (Å²) in [7, 11) is 0.855. The molecular weight excluding hydrogens is 482 g/mol. The van der Waals surface area contributed by atoms with Gasteiger partial charge in [-0.25, -0.2) is 0 Å². The maximum Gasteiger partial charge on any atom is 0.460 e. The Morgan fingerprint density at radius 3 is 1.64 bits per heavy atom. The van der Waals surface area contributed by atoms with Gasteiger partial charge in [-0.3, -0.25) is 0 Å². The summed E-state index contributed by atoms with van der Waals surface area (Å²) in [6.45, 7) is 0.894. The predicted octanol–water partition coefficient (Wildman–Crippen LogP) is 6.01. The average molecular weight is 494 g/mol. The lowest BCUT2D eigenvalue weighted by Gasteiger charge is -2.38. The molecule has 1 rings (SSSR count). The Morgan fingerprint density at radius 2 is 1.28 bits per heavy atom. The summed E-state index contributed by atoms with van der Waals surface area (Å²) in [5.74, 6) is -19.3. The minimum Gasteiger partial charge on any atom is -0.374 e. The Morgan fingerprint density at radius 1 is 0.840 bits per heavy atom. The number of halogens is 10. The van der Waals surface area contributed by atoms with E-state index < -0.39 is 36.0 Å². The van der Waals surface area contributed by atoms with Gasteiger partial charge in [-0.15, -0.1) is 0 Å². The van der Waals surface area contributed by atoms with Crippen molar-refractivity contribution < 1.29 is 44.3 Å². The molecule has 11 heteroatoms. The third-order valence-electron chi connectivity index (χ3n) is 3.67. The summed E-state index contributed by atoms with van der Waals surface area (Å²) in [5.41, 5.74) is -2.31.